The van der Waals surface area contributed by atoms with Crippen LogP contribution in [0.3, 0.4) is 0 Å². The third-order valence-electron chi connectivity index (χ3n) is 5.81. The summed E-state index contributed by atoms with van der Waals surface area (Å²) < 4.78 is 0. The zero-order chi connectivity index (χ0) is 20.0. The van der Waals surface area contributed by atoms with Crippen LogP contribution in [0, 0.1) is 0 Å². The van der Waals surface area contributed by atoms with E-state index in [4.69, 9.17) is 0 Å². The van der Waals surface area contributed by atoms with Crippen molar-refractivity contribution in [2.75, 3.05) is 0 Å². The highest BCUT2D eigenvalue weighted by atomic mass is 16.3. The Morgan fingerprint density at radius 3 is 2.11 bits per heavy atom. The predicted molar refractivity (Wildman–Crippen MR) is 108 cm³/mol. The van der Waals surface area contributed by atoms with Crippen molar-refractivity contribution in [3.8, 4) is 11.4 Å². The number of ketones is 1. The van der Waals surface area contributed by atoms with E-state index < -0.39 is 5.41 Å². The number of phenols is 1. The first kappa shape index (κ1) is 19.1. The largest absolute Gasteiger partial charge is 0.505 e. The molecule has 0 radical (unpaired) electrons. The molecule has 2 aromatic carbocycles. The molecule has 1 N–H and O–H groups in total. The smallest absolute Gasteiger partial charge is 0.147 e. The second-order valence-corrected chi connectivity index (χ2v) is 8.29. The first-order chi connectivity index (χ1) is 12.6. The standard InChI is InChI=1S/C22H27N3O2/c1-7-21(3,4)15-12-16(22(5,6)14(2)26)20(27)19(13-15)25-23-17-10-8-9-11-18(17)24-25/h8-13,27H,7H2,1-6H3. The normalized spacial score (nSPS) is 12.5. The van der Waals surface area contributed by atoms with Gasteiger partial charge >= 0.3 is 0 Å². The van der Waals surface area contributed by atoms with E-state index in [-0.39, 0.29) is 16.9 Å². The number of fused-ring (bicyclic) bond motifs is 1. The molecular formula is C22H27N3O2. The minimum absolute atomic E-state index is 0.00575. The van der Waals surface area contributed by atoms with Gasteiger partial charge in [-0.25, -0.2) is 0 Å². The first-order valence-electron chi connectivity index (χ1n) is 9.29. The van der Waals surface area contributed by atoms with Gasteiger partial charge in [0, 0.05) is 5.56 Å². The van der Waals surface area contributed by atoms with Gasteiger partial charge in [0.05, 0.1) is 5.41 Å². The Morgan fingerprint density at radius 2 is 1.63 bits per heavy atom. The Morgan fingerprint density at radius 1 is 1.07 bits per heavy atom. The number of hydrogen-bond donors (Lipinski definition) is 1. The molecule has 0 aliphatic rings. The van der Waals surface area contributed by atoms with Crippen LogP contribution in [0.4, 0.5) is 0 Å². The molecule has 27 heavy (non-hydrogen) atoms. The molecule has 0 aliphatic carbocycles. The van der Waals surface area contributed by atoms with E-state index in [0.29, 0.717) is 11.3 Å². The first-order valence-corrected chi connectivity index (χ1v) is 9.29. The Balaban J connectivity index is 2.32. The zero-order valence-corrected chi connectivity index (χ0v) is 16.9. The summed E-state index contributed by atoms with van der Waals surface area (Å²) >= 11 is 0. The number of aromatic hydroxyl groups is 1. The van der Waals surface area contributed by atoms with Gasteiger partial charge in [-0.05, 0) is 56.4 Å². The lowest BCUT2D eigenvalue weighted by Crippen LogP contribution is -2.28. The number of hydrogen-bond acceptors (Lipinski definition) is 4. The summed E-state index contributed by atoms with van der Waals surface area (Å²) in [7, 11) is 0. The van der Waals surface area contributed by atoms with Crippen LogP contribution in [0.2, 0.25) is 0 Å². The second-order valence-electron chi connectivity index (χ2n) is 8.29. The number of Topliss-reactive ketones (excluding diaryl/α,β-unsaturated/α-hetero) is 1. The second kappa shape index (κ2) is 6.48. The molecule has 0 bridgehead atoms. The van der Waals surface area contributed by atoms with Gasteiger partial charge in [0.25, 0.3) is 0 Å². The van der Waals surface area contributed by atoms with Crippen molar-refractivity contribution in [1.29, 1.82) is 0 Å². The summed E-state index contributed by atoms with van der Waals surface area (Å²) in [5.74, 6) is 0.0416. The number of phenolic OH excluding ortho intramolecular Hbond substituents is 1. The van der Waals surface area contributed by atoms with Crippen molar-refractivity contribution >= 4 is 16.8 Å². The lowest BCUT2D eigenvalue weighted by Gasteiger charge is -2.29. The molecule has 5 nitrogen and oxygen atoms in total. The molecule has 0 fully saturated rings. The van der Waals surface area contributed by atoms with Crippen LogP contribution in [0.1, 0.15) is 59.1 Å². The van der Waals surface area contributed by atoms with Crippen LogP contribution in [-0.2, 0) is 15.6 Å². The van der Waals surface area contributed by atoms with Gasteiger partial charge in [-0.15, -0.1) is 15.0 Å². The van der Waals surface area contributed by atoms with Gasteiger partial charge in [-0.1, -0.05) is 39.0 Å². The molecule has 1 heterocycles. The van der Waals surface area contributed by atoms with Crippen molar-refractivity contribution in [2.45, 2.75) is 58.8 Å². The maximum Gasteiger partial charge on any atom is 0.147 e. The molecule has 0 saturated carbocycles. The molecule has 0 amide bonds. The van der Waals surface area contributed by atoms with Gasteiger partial charge in [-0.3, -0.25) is 4.79 Å². The van der Waals surface area contributed by atoms with E-state index in [0.717, 1.165) is 23.0 Å². The van der Waals surface area contributed by atoms with Gasteiger partial charge in [0.2, 0.25) is 0 Å². The third kappa shape index (κ3) is 3.22. The third-order valence-corrected chi connectivity index (χ3v) is 5.81. The fourth-order valence-corrected chi connectivity index (χ4v) is 3.00. The van der Waals surface area contributed by atoms with E-state index in [9.17, 15) is 9.90 Å². The summed E-state index contributed by atoms with van der Waals surface area (Å²) in [5.41, 5.74) is 2.72. The molecule has 3 rings (SSSR count). The Labute approximate surface area is 160 Å². The average molecular weight is 365 g/mol. The van der Waals surface area contributed by atoms with E-state index in [1.165, 1.54) is 4.80 Å². The molecule has 3 aromatic rings. The Kier molecular flexibility index (Phi) is 4.58. The van der Waals surface area contributed by atoms with Crippen LogP contribution in [-0.4, -0.2) is 25.9 Å². The summed E-state index contributed by atoms with van der Waals surface area (Å²) in [6.07, 6.45) is 0.922. The molecule has 0 saturated heterocycles. The van der Waals surface area contributed by atoms with Crippen LogP contribution < -0.4 is 0 Å². The Bertz CT molecular complexity index is 983. The molecule has 0 aliphatic heterocycles. The van der Waals surface area contributed by atoms with Crippen molar-refractivity contribution in [3.63, 3.8) is 0 Å². The molecular weight excluding hydrogens is 338 g/mol. The number of carbonyl (C=O) groups is 1. The summed E-state index contributed by atoms with van der Waals surface area (Å²) in [4.78, 5) is 13.8. The van der Waals surface area contributed by atoms with Crippen molar-refractivity contribution < 1.29 is 9.90 Å². The summed E-state index contributed by atoms with van der Waals surface area (Å²) in [6.45, 7) is 11.7. The van der Waals surface area contributed by atoms with Crippen molar-refractivity contribution in [1.82, 2.24) is 15.0 Å². The molecule has 0 spiro atoms. The zero-order valence-electron chi connectivity index (χ0n) is 16.9. The quantitative estimate of drug-likeness (QED) is 0.713. The van der Waals surface area contributed by atoms with E-state index in [2.05, 4.69) is 31.0 Å². The summed E-state index contributed by atoms with van der Waals surface area (Å²) in [5, 5.41) is 20.1. The van der Waals surface area contributed by atoms with Crippen LogP contribution in [0.5, 0.6) is 5.75 Å². The lowest BCUT2D eigenvalue weighted by molar-refractivity contribution is -0.121. The molecule has 0 atom stereocenters. The van der Waals surface area contributed by atoms with Gasteiger partial charge in [0.15, 0.2) is 0 Å². The van der Waals surface area contributed by atoms with Crippen LogP contribution >= 0.6 is 0 Å². The number of aromatic nitrogens is 3. The van der Waals surface area contributed by atoms with Crippen LogP contribution in [0.25, 0.3) is 16.7 Å². The topological polar surface area (TPSA) is 68.0 Å². The molecule has 142 valence electrons. The van der Waals surface area contributed by atoms with Crippen LogP contribution in [0.15, 0.2) is 36.4 Å². The highest BCUT2D eigenvalue weighted by Gasteiger charge is 2.33. The highest BCUT2D eigenvalue weighted by Crippen LogP contribution is 2.40. The molecule has 0 unspecified atom stereocenters. The molecule has 5 heteroatoms. The SMILES string of the molecule is CCC(C)(C)c1cc(-n2nc3ccccc3n2)c(O)c(C(C)(C)C(C)=O)c1. The van der Waals surface area contributed by atoms with Crippen molar-refractivity contribution in [3.05, 3.63) is 47.5 Å². The minimum Gasteiger partial charge on any atom is -0.505 e. The van der Waals surface area contributed by atoms with E-state index in [1.807, 2.05) is 50.2 Å². The van der Waals surface area contributed by atoms with E-state index >= 15 is 0 Å². The van der Waals surface area contributed by atoms with Crippen molar-refractivity contribution in [2.24, 2.45) is 0 Å². The van der Waals surface area contributed by atoms with Gasteiger partial charge in [-0.2, -0.15) is 0 Å². The minimum atomic E-state index is -0.814. The Hall–Kier alpha value is -2.69. The van der Waals surface area contributed by atoms with Gasteiger partial charge < -0.3 is 5.11 Å². The summed E-state index contributed by atoms with van der Waals surface area (Å²) in [6, 6.07) is 11.5. The molecule has 1 aromatic heterocycles. The fourth-order valence-electron chi connectivity index (χ4n) is 3.00. The predicted octanol–water partition coefficient (Wildman–Crippen LogP) is 4.68. The average Bonchev–Trinajstić information content (AvgIpc) is 3.05. The van der Waals surface area contributed by atoms with Gasteiger partial charge in [0.1, 0.15) is 28.3 Å². The lowest BCUT2D eigenvalue weighted by atomic mass is 9.75. The number of carbonyl (C=O) groups excluding carboxylic acids is 1. The maximum absolute atomic E-state index is 12.3. The maximum atomic E-state index is 12.3. The highest BCUT2D eigenvalue weighted by molar-refractivity contribution is 5.88. The van der Waals surface area contributed by atoms with E-state index in [1.54, 1.807) is 6.92 Å². The number of nitrogens with zero attached hydrogens (tertiary/aromatic N) is 3. The monoisotopic (exact) mass is 365 g/mol. The number of benzene rings is 2. The number of rotatable bonds is 5. The fraction of sp³-hybridized carbons (Fsp3) is 0.409.